The second-order valence-electron chi connectivity index (χ2n) is 5.58. The fourth-order valence-corrected chi connectivity index (χ4v) is 2.97. The van der Waals surface area contributed by atoms with Gasteiger partial charge < -0.3 is 10.6 Å². The van der Waals surface area contributed by atoms with E-state index >= 15 is 0 Å². The molecule has 2 amide bonds. The molecule has 0 aliphatic rings. The molecule has 0 heterocycles. The first-order valence-electron chi connectivity index (χ1n) is 8.46. The maximum Gasteiger partial charge on any atom is 0.251 e. The molecule has 2 aromatic carbocycles. The van der Waals surface area contributed by atoms with Gasteiger partial charge in [0.15, 0.2) is 0 Å². The zero-order valence-electron chi connectivity index (χ0n) is 14.7. The van der Waals surface area contributed by atoms with Crippen molar-refractivity contribution in [1.29, 1.82) is 0 Å². The van der Waals surface area contributed by atoms with Gasteiger partial charge in [0.2, 0.25) is 0 Å². The molecule has 0 atom stereocenters. The van der Waals surface area contributed by atoms with Gasteiger partial charge in [-0.05, 0) is 48.1 Å². The molecule has 0 aliphatic heterocycles. The smallest absolute Gasteiger partial charge is 0.251 e. The van der Waals surface area contributed by atoms with Crippen molar-refractivity contribution in [2.45, 2.75) is 26.1 Å². The Hall–Kier alpha value is -2.27. The standard InChI is InChI=1S/C20H24N2O2S/c1-3-21-20(24)18-7-5-6-16(12-18)13-22-19(23)17-10-8-15(9-11-17)14-25-4-2/h5-12H,3-4,13-14H2,1-2H3,(H,21,24)(H,22,23). The van der Waals surface area contributed by atoms with Crippen LogP contribution in [0.3, 0.4) is 0 Å². The quantitative estimate of drug-likeness (QED) is 0.759. The Labute approximate surface area is 153 Å². The van der Waals surface area contributed by atoms with Gasteiger partial charge in [0.05, 0.1) is 0 Å². The number of nitrogens with one attached hydrogen (secondary N) is 2. The Morgan fingerprint density at radius 2 is 1.60 bits per heavy atom. The first kappa shape index (κ1) is 19.1. The molecule has 132 valence electrons. The van der Waals surface area contributed by atoms with Crippen molar-refractivity contribution in [2.75, 3.05) is 12.3 Å². The van der Waals surface area contributed by atoms with Gasteiger partial charge in [-0.3, -0.25) is 9.59 Å². The Morgan fingerprint density at radius 1 is 0.880 bits per heavy atom. The fourth-order valence-electron chi connectivity index (χ4n) is 2.34. The van der Waals surface area contributed by atoms with E-state index < -0.39 is 0 Å². The largest absolute Gasteiger partial charge is 0.352 e. The van der Waals surface area contributed by atoms with Crippen molar-refractivity contribution in [3.05, 3.63) is 70.8 Å². The number of amides is 2. The molecule has 0 radical (unpaired) electrons. The first-order valence-corrected chi connectivity index (χ1v) is 9.61. The SMILES string of the molecule is CCNC(=O)c1cccc(CNC(=O)c2ccc(CSCC)cc2)c1. The number of hydrogen-bond acceptors (Lipinski definition) is 3. The fraction of sp³-hybridized carbons (Fsp3) is 0.300. The molecule has 25 heavy (non-hydrogen) atoms. The van der Waals surface area contributed by atoms with Gasteiger partial charge in [-0.25, -0.2) is 0 Å². The zero-order chi connectivity index (χ0) is 18.1. The Morgan fingerprint density at radius 3 is 2.28 bits per heavy atom. The lowest BCUT2D eigenvalue weighted by Crippen LogP contribution is -2.24. The molecular formula is C20H24N2O2S. The zero-order valence-corrected chi connectivity index (χ0v) is 15.5. The normalized spacial score (nSPS) is 10.3. The first-order chi connectivity index (χ1) is 12.1. The summed E-state index contributed by atoms with van der Waals surface area (Å²) in [4.78, 5) is 24.1. The minimum absolute atomic E-state index is 0.101. The van der Waals surface area contributed by atoms with Crippen LogP contribution in [0.5, 0.6) is 0 Å². The molecule has 5 heteroatoms. The summed E-state index contributed by atoms with van der Waals surface area (Å²) in [6.07, 6.45) is 0. The van der Waals surface area contributed by atoms with Crippen LogP contribution in [-0.4, -0.2) is 24.1 Å². The topological polar surface area (TPSA) is 58.2 Å². The Kier molecular flexibility index (Phi) is 7.54. The van der Waals surface area contributed by atoms with Gasteiger partial charge in [-0.15, -0.1) is 0 Å². The lowest BCUT2D eigenvalue weighted by Gasteiger charge is -2.08. The summed E-state index contributed by atoms with van der Waals surface area (Å²) in [5.74, 6) is 1.83. The van der Waals surface area contributed by atoms with Crippen molar-refractivity contribution in [3.63, 3.8) is 0 Å². The highest BCUT2D eigenvalue weighted by Crippen LogP contribution is 2.13. The number of thioether (sulfide) groups is 1. The van der Waals surface area contributed by atoms with Gasteiger partial charge >= 0.3 is 0 Å². The average molecular weight is 356 g/mol. The maximum absolute atomic E-state index is 12.3. The number of rotatable bonds is 8. The summed E-state index contributed by atoms with van der Waals surface area (Å²) in [5, 5.41) is 5.67. The van der Waals surface area contributed by atoms with E-state index in [1.54, 1.807) is 12.1 Å². The van der Waals surface area contributed by atoms with Gasteiger partial charge in [-0.2, -0.15) is 11.8 Å². The van der Waals surface area contributed by atoms with Gasteiger partial charge in [-0.1, -0.05) is 31.2 Å². The van der Waals surface area contributed by atoms with Crippen LogP contribution in [0.15, 0.2) is 48.5 Å². The number of carbonyl (C=O) groups excluding carboxylic acids is 2. The van der Waals surface area contributed by atoms with Crippen LogP contribution in [0, 0.1) is 0 Å². The molecule has 0 saturated heterocycles. The number of carbonyl (C=O) groups is 2. The predicted octanol–water partition coefficient (Wildman–Crippen LogP) is 3.62. The minimum atomic E-state index is -0.113. The second-order valence-corrected chi connectivity index (χ2v) is 6.85. The Balaban J connectivity index is 1.93. The molecule has 0 unspecified atom stereocenters. The highest BCUT2D eigenvalue weighted by Gasteiger charge is 2.07. The third kappa shape index (κ3) is 5.94. The molecule has 2 rings (SSSR count). The summed E-state index contributed by atoms with van der Waals surface area (Å²) in [5.41, 5.74) is 3.36. The molecule has 2 aromatic rings. The van der Waals surface area contributed by atoms with E-state index in [9.17, 15) is 9.59 Å². The van der Waals surface area contributed by atoms with Crippen LogP contribution >= 0.6 is 11.8 Å². The van der Waals surface area contributed by atoms with Crippen molar-refractivity contribution >= 4 is 23.6 Å². The van der Waals surface area contributed by atoms with E-state index in [-0.39, 0.29) is 11.8 Å². The molecule has 0 fully saturated rings. The van der Waals surface area contributed by atoms with Crippen LogP contribution in [-0.2, 0) is 12.3 Å². The van der Waals surface area contributed by atoms with Crippen molar-refractivity contribution in [1.82, 2.24) is 10.6 Å². The van der Waals surface area contributed by atoms with E-state index in [0.29, 0.717) is 24.2 Å². The number of hydrogen-bond donors (Lipinski definition) is 2. The van der Waals surface area contributed by atoms with Crippen molar-refractivity contribution < 1.29 is 9.59 Å². The third-order valence-corrected chi connectivity index (χ3v) is 4.61. The van der Waals surface area contributed by atoms with Crippen LogP contribution in [0.1, 0.15) is 45.7 Å². The van der Waals surface area contributed by atoms with E-state index in [2.05, 4.69) is 17.6 Å². The third-order valence-electron chi connectivity index (χ3n) is 3.67. The lowest BCUT2D eigenvalue weighted by atomic mass is 10.1. The second kappa shape index (κ2) is 9.89. The molecule has 0 aliphatic carbocycles. The van der Waals surface area contributed by atoms with Crippen LogP contribution in [0.4, 0.5) is 0 Å². The van der Waals surface area contributed by atoms with Crippen LogP contribution in [0.2, 0.25) is 0 Å². The number of benzene rings is 2. The molecule has 0 saturated carbocycles. The van der Waals surface area contributed by atoms with E-state index in [0.717, 1.165) is 17.1 Å². The van der Waals surface area contributed by atoms with E-state index in [1.807, 2.05) is 55.1 Å². The molecule has 2 N–H and O–H groups in total. The summed E-state index contributed by atoms with van der Waals surface area (Å²) in [7, 11) is 0. The summed E-state index contributed by atoms with van der Waals surface area (Å²) in [6, 6.07) is 15.0. The molecule has 0 bridgehead atoms. The van der Waals surface area contributed by atoms with Gasteiger partial charge in [0.25, 0.3) is 11.8 Å². The maximum atomic E-state index is 12.3. The van der Waals surface area contributed by atoms with Gasteiger partial charge in [0, 0.05) is 30.0 Å². The monoisotopic (exact) mass is 356 g/mol. The van der Waals surface area contributed by atoms with Crippen LogP contribution < -0.4 is 10.6 Å². The lowest BCUT2D eigenvalue weighted by molar-refractivity contribution is 0.0947. The summed E-state index contributed by atoms with van der Waals surface area (Å²) >= 11 is 1.86. The van der Waals surface area contributed by atoms with Crippen LogP contribution in [0.25, 0.3) is 0 Å². The van der Waals surface area contributed by atoms with Crippen molar-refractivity contribution in [3.8, 4) is 0 Å². The molecule has 0 spiro atoms. The van der Waals surface area contributed by atoms with Crippen molar-refractivity contribution in [2.24, 2.45) is 0 Å². The highest BCUT2D eigenvalue weighted by atomic mass is 32.2. The minimum Gasteiger partial charge on any atom is -0.352 e. The average Bonchev–Trinajstić information content (AvgIpc) is 2.65. The predicted molar refractivity (Wildman–Crippen MR) is 104 cm³/mol. The summed E-state index contributed by atoms with van der Waals surface area (Å²) in [6.45, 7) is 4.99. The Bertz CT molecular complexity index is 714. The van der Waals surface area contributed by atoms with Gasteiger partial charge in [0.1, 0.15) is 0 Å². The summed E-state index contributed by atoms with van der Waals surface area (Å²) < 4.78 is 0. The van der Waals surface area contributed by atoms with E-state index in [1.165, 1.54) is 5.56 Å². The highest BCUT2D eigenvalue weighted by molar-refractivity contribution is 7.98. The van der Waals surface area contributed by atoms with E-state index in [4.69, 9.17) is 0 Å². The molecular weight excluding hydrogens is 332 g/mol. The molecule has 4 nitrogen and oxygen atoms in total. The molecule has 0 aromatic heterocycles.